The third-order valence-corrected chi connectivity index (χ3v) is 4.35. The molecule has 0 N–H and O–H groups in total. The van der Waals surface area contributed by atoms with Crippen LogP contribution in [0.15, 0.2) is 30.2 Å². The Kier molecular flexibility index (Phi) is 4.92. The molecule has 0 saturated carbocycles. The smallest absolute Gasteiger partial charge is 0.295 e. The van der Waals surface area contributed by atoms with Crippen LogP contribution in [0.5, 0.6) is 0 Å². The zero-order valence-electron chi connectivity index (χ0n) is 13.0. The zero-order chi connectivity index (χ0) is 16.3. The molecule has 2 heterocycles. The second-order valence-electron chi connectivity index (χ2n) is 5.05. The van der Waals surface area contributed by atoms with Gasteiger partial charge in [-0.2, -0.15) is 5.10 Å². The van der Waals surface area contributed by atoms with Gasteiger partial charge in [-0.05, 0) is 25.3 Å². The van der Waals surface area contributed by atoms with Crippen LogP contribution in [-0.4, -0.2) is 32.9 Å². The minimum Gasteiger partial charge on any atom is -0.327 e. The molecular weight excluding hydrogens is 298 g/mol. The van der Waals surface area contributed by atoms with E-state index in [4.69, 9.17) is 0 Å². The molecule has 1 amide bonds. The van der Waals surface area contributed by atoms with Gasteiger partial charge in [0.05, 0.1) is 17.8 Å². The molecule has 0 radical (unpaired) electrons. The number of Topliss-reactive ketones (excluding diaryl/α,β-unsaturated/α-hetero) is 1. The van der Waals surface area contributed by atoms with E-state index in [1.54, 1.807) is 43.0 Å². The van der Waals surface area contributed by atoms with Crippen molar-refractivity contribution in [1.29, 1.82) is 0 Å². The summed E-state index contributed by atoms with van der Waals surface area (Å²) >= 11 is 1.56. The molecule has 0 fully saturated rings. The zero-order valence-corrected chi connectivity index (χ0v) is 13.8. The highest BCUT2D eigenvalue weighted by molar-refractivity contribution is 7.09. The van der Waals surface area contributed by atoms with Crippen LogP contribution >= 0.6 is 11.3 Å². The van der Waals surface area contributed by atoms with Crippen molar-refractivity contribution in [3.8, 4) is 0 Å². The third kappa shape index (κ3) is 3.17. The van der Waals surface area contributed by atoms with Crippen molar-refractivity contribution in [3.05, 3.63) is 52.0 Å². The first kappa shape index (κ1) is 16.2. The minimum atomic E-state index is -0.521. The lowest BCUT2D eigenvalue weighted by Crippen LogP contribution is -2.36. The molecule has 22 heavy (non-hydrogen) atoms. The summed E-state index contributed by atoms with van der Waals surface area (Å²) in [6.07, 6.45) is 1.63. The molecule has 0 unspecified atom stereocenters. The van der Waals surface area contributed by atoms with Crippen LogP contribution in [0.25, 0.3) is 0 Å². The summed E-state index contributed by atoms with van der Waals surface area (Å²) in [6, 6.07) is 3.87. The lowest BCUT2D eigenvalue weighted by atomic mass is 10.1. The molecule has 0 aromatic carbocycles. The number of rotatable bonds is 6. The fourth-order valence-electron chi connectivity index (χ4n) is 2.32. The Morgan fingerprint density at radius 1 is 1.45 bits per heavy atom. The standard InChI is InChI=1S/C16H19N3O2S/c1-5-8-19(10-13-7-6-9-22-13)16(21)15(20)14-11(2)17-18(4)12(14)3/h5-7,9H,1,8,10H2,2-4H3. The van der Waals surface area contributed by atoms with E-state index >= 15 is 0 Å². The number of carbonyl (C=O) groups excluding carboxylic acids is 2. The van der Waals surface area contributed by atoms with Crippen molar-refractivity contribution >= 4 is 23.0 Å². The number of ketones is 1. The molecule has 5 nitrogen and oxygen atoms in total. The van der Waals surface area contributed by atoms with Crippen molar-refractivity contribution in [2.75, 3.05) is 6.54 Å². The molecule has 0 spiro atoms. The van der Waals surface area contributed by atoms with Gasteiger partial charge in [0.15, 0.2) is 0 Å². The first-order chi connectivity index (χ1) is 10.5. The summed E-state index contributed by atoms with van der Waals surface area (Å²) in [7, 11) is 1.76. The molecule has 2 rings (SSSR count). The number of nitrogens with zero attached hydrogens (tertiary/aromatic N) is 3. The Hall–Kier alpha value is -2.21. The Balaban J connectivity index is 2.26. The van der Waals surface area contributed by atoms with E-state index in [9.17, 15) is 9.59 Å². The quantitative estimate of drug-likeness (QED) is 0.467. The lowest BCUT2D eigenvalue weighted by molar-refractivity contribution is -0.126. The van der Waals surface area contributed by atoms with E-state index in [-0.39, 0.29) is 0 Å². The predicted octanol–water partition coefficient (Wildman–Crippen LogP) is 2.50. The normalized spacial score (nSPS) is 10.5. The first-order valence-electron chi connectivity index (χ1n) is 6.92. The van der Waals surface area contributed by atoms with Gasteiger partial charge in [-0.25, -0.2) is 0 Å². The Labute approximate surface area is 133 Å². The highest BCUT2D eigenvalue weighted by atomic mass is 32.1. The monoisotopic (exact) mass is 317 g/mol. The molecule has 0 aliphatic carbocycles. The fourth-order valence-corrected chi connectivity index (χ4v) is 3.04. The average Bonchev–Trinajstić information content (AvgIpc) is 3.06. The van der Waals surface area contributed by atoms with Gasteiger partial charge < -0.3 is 4.90 Å². The van der Waals surface area contributed by atoms with Gasteiger partial charge in [0.1, 0.15) is 0 Å². The predicted molar refractivity (Wildman–Crippen MR) is 86.9 cm³/mol. The molecule has 0 saturated heterocycles. The molecule has 0 aliphatic heterocycles. The molecule has 0 bridgehead atoms. The molecule has 6 heteroatoms. The van der Waals surface area contributed by atoms with Gasteiger partial charge >= 0.3 is 0 Å². The van der Waals surface area contributed by atoms with Crippen molar-refractivity contribution in [3.63, 3.8) is 0 Å². The summed E-state index contributed by atoms with van der Waals surface area (Å²) in [5.41, 5.74) is 1.67. The SMILES string of the molecule is C=CCN(Cc1cccs1)C(=O)C(=O)c1c(C)nn(C)c1C. The van der Waals surface area contributed by atoms with Gasteiger partial charge in [-0.1, -0.05) is 12.1 Å². The molecule has 116 valence electrons. The number of amides is 1. The summed E-state index contributed by atoms with van der Waals surface area (Å²) in [4.78, 5) is 27.7. The molecule has 0 atom stereocenters. The van der Waals surface area contributed by atoms with Crippen LogP contribution in [0.4, 0.5) is 0 Å². The number of aromatic nitrogens is 2. The van der Waals surface area contributed by atoms with E-state index in [2.05, 4.69) is 11.7 Å². The van der Waals surface area contributed by atoms with Crippen LogP contribution in [0, 0.1) is 13.8 Å². The van der Waals surface area contributed by atoms with Crippen LogP contribution in [0.2, 0.25) is 0 Å². The van der Waals surface area contributed by atoms with E-state index in [0.29, 0.717) is 30.0 Å². The average molecular weight is 317 g/mol. The van der Waals surface area contributed by atoms with E-state index in [0.717, 1.165) is 4.88 Å². The maximum Gasteiger partial charge on any atom is 0.295 e. The molecular formula is C16H19N3O2S. The van der Waals surface area contributed by atoms with E-state index in [1.165, 1.54) is 4.90 Å². The van der Waals surface area contributed by atoms with Crippen LogP contribution < -0.4 is 0 Å². The highest BCUT2D eigenvalue weighted by Crippen LogP contribution is 2.17. The number of carbonyl (C=O) groups is 2. The van der Waals surface area contributed by atoms with Crippen molar-refractivity contribution in [1.82, 2.24) is 14.7 Å². The Morgan fingerprint density at radius 2 is 2.18 bits per heavy atom. The topological polar surface area (TPSA) is 55.2 Å². The maximum absolute atomic E-state index is 12.6. The second-order valence-corrected chi connectivity index (χ2v) is 6.08. The second kappa shape index (κ2) is 6.70. The minimum absolute atomic E-state index is 0.334. The lowest BCUT2D eigenvalue weighted by Gasteiger charge is -2.19. The van der Waals surface area contributed by atoms with Gasteiger partial charge in [0.25, 0.3) is 11.7 Å². The molecule has 2 aromatic heterocycles. The van der Waals surface area contributed by atoms with E-state index < -0.39 is 11.7 Å². The van der Waals surface area contributed by atoms with Crippen molar-refractivity contribution in [2.24, 2.45) is 7.05 Å². The van der Waals surface area contributed by atoms with Gasteiger partial charge in [0, 0.05) is 24.2 Å². The summed E-state index contributed by atoms with van der Waals surface area (Å²) < 4.78 is 1.62. The number of hydrogen-bond acceptors (Lipinski definition) is 4. The third-order valence-electron chi connectivity index (χ3n) is 3.49. The summed E-state index contributed by atoms with van der Waals surface area (Å²) in [5, 5.41) is 6.15. The number of thiophene rings is 1. The number of hydrogen-bond donors (Lipinski definition) is 0. The van der Waals surface area contributed by atoms with Crippen molar-refractivity contribution < 1.29 is 9.59 Å². The largest absolute Gasteiger partial charge is 0.327 e. The van der Waals surface area contributed by atoms with Crippen molar-refractivity contribution in [2.45, 2.75) is 20.4 Å². The van der Waals surface area contributed by atoms with Gasteiger partial charge in [0.2, 0.25) is 0 Å². The first-order valence-corrected chi connectivity index (χ1v) is 7.80. The molecule has 0 aliphatic rings. The Morgan fingerprint density at radius 3 is 2.68 bits per heavy atom. The van der Waals surface area contributed by atoms with Crippen LogP contribution in [0.3, 0.4) is 0 Å². The Bertz CT molecular complexity index is 701. The van der Waals surface area contributed by atoms with Crippen LogP contribution in [0.1, 0.15) is 26.6 Å². The highest BCUT2D eigenvalue weighted by Gasteiger charge is 2.27. The summed E-state index contributed by atoms with van der Waals surface area (Å²) in [6.45, 7) is 7.94. The number of aryl methyl sites for hydroxylation is 2. The maximum atomic E-state index is 12.6. The summed E-state index contributed by atoms with van der Waals surface area (Å²) in [5.74, 6) is -1.03. The van der Waals surface area contributed by atoms with Crippen LogP contribution in [-0.2, 0) is 18.4 Å². The molecule has 2 aromatic rings. The van der Waals surface area contributed by atoms with Gasteiger partial charge in [-0.3, -0.25) is 14.3 Å². The van der Waals surface area contributed by atoms with Gasteiger partial charge in [-0.15, -0.1) is 17.9 Å². The van der Waals surface area contributed by atoms with E-state index in [1.807, 2.05) is 17.5 Å². The fraction of sp³-hybridized carbons (Fsp3) is 0.312.